The van der Waals surface area contributed by atoms with Gasteiger partial charge in [-0.1, -0.05) is 103 Å². The van der Waals surface area contributed by atoms with Crippen LogP contribution in [0.25, 0.3) is 100 Å². The first-order valence-corrected chi connectivity index (χ1v) is 16.6. The van der Waals surface area contributed by atoms with Crippen LogP contribution < -0.4 is 0 Å². The molecule has 0 bridgehead atoms. The second-order valence-corrected chi connectivity index (χ2v) is 12.4. The van der Waals surface area contributed by atoms with Crippen LogP contribution in [0, 0.1) is 0 Å². The molecule has 0 amide bonds. The highest BCUT2D eigenvalue weighted by Gasteiger charge is 2.20. The Morgan fingerprint density at radius 2 is 1.10 bits per heavy atom. The Balaban J connectivity index is 1.20. The first-order chi connectivity index (χ1) is 24.8. The Morgan fingerprint density at radius 3 is 1.96 bits per heavy atom. The van der Waals surface area contributed by atoms with Crippen molar-refractivity contribution in [2.75, 3.05) is 0 Å². The molecule has 4 aromatic heterocycles. The highest BCUT2D eigenvalue weighted by Crippen LogP contribution is 2.43. The van der Waals surface area contributed by atoms with Crippen molar-refractivity contribution in [1.82, 2.24) is 15.0 Å². The smallest absolute Gasteiger partial charge is 0.160 e. The Bertz CT molecular complexity index is 2870. The van der Waals surface area contributed by atoms with Gasteiger partial charge in [-0.05, 0) is 59.7 Å². The van der Waals surface area contributed by atoms with Crippen molar-refractivity contribution in [1.29, 1.82) is 0 Å². The number of hydrogen-bond acceptors (Lipinski definition) is 5. The summed E-state index contributed by atoms with van der Waals surface area (Å²) in [6, 6.07) is 51.8. The van der Waals surface area contributed by atoms with Gasteiger partial charge in [-0.2, -0.15) is 0 Å². The van der Waals surface area contributed by atoms with Crippen LogP contribution in [0.2, 0.25) is 0 Å². The lowest BCUT2D eigenvalue weighted by atomic mass is 9.95. The molecule has 0 aliphatic heterocycles. The summed E-state index contributed by atoms with van der Waals surface area (Å²) in [6.45, 7) is 0. The van der Waals surface area contributed by atoms with Gasteiger partial charge in [-0.15, -0.1) is 0 Å². The Hall–Kier alpha value is -6.85. The second kappa shape index (κ2) is 11.4. The van der Waals surface area contributed by atoms with Crippen molar-refractivity contribution in [2.45, 2.75) is 0 Å². The van der Waals surface area contributed by atoms with E-state index in [-0.39, 0.29) is 0 Å². The molecular weight excluding hydrogens is 615 g/mol. The molecule has 0 atom stereocenters. The zero-order valence-electron chi connectivity index (χ0n) is 26.7. The number of nitrogens with zero attached hydrogens (tertiary/aromatic N) is 3. The highest BCUT2D eigenvalue weighted by molar-refractivity contribution is 6.16. The van der Waals surface area contributed by atoms with Crippen LogP contribution in [0.15, 0.2) is 173 Å². The summed E-state index contributed by atoms with van der Waals surface area (Å²) in [6.07, 6.45) is 3.66. The van der Waals surface area contributed by atoms with Gasteiger partial charge < -0.3 is 8.83 Å². The van der Waals surface area contributed by atoms with Crippen LogP contribution in [-0.4, -0.2) is 15.0 Å². The van der Waals surface area contributed by atoms with E-state index in [0.717, 1.165) is 94.2 Å². The van der Waals surface area contributed by atoms with Crippen LogP contribution >= 0.6 is 0 Å². The van der Waals surface area contributed by atoms with Crippen LogP contribution in [0.5, 0.6) is 0 Å². The predicted octanol–water partition coefficient (Wildman–Crippen LogP) is 12.0. The first kappa shape index (κ1) is 28.2. The second-order valence-electron chi connectivity index (χ2n) is 12.4. The number of aromatic nitrogens is 3. The zero-order chi connectivity index (χ0) is 33.0. The van der Waals surface area contributed by atoms with Crippen molar-refractivity contribution in [3.63, 3.8) is 0 Å². The fourth-order valence-electron chi connectivity index (χ4n) is 7.00. The molecule has 0 unspecified atom stereocenters. The van der Waals surface area contributed by atoms with Crippen molar-refractivity contribution < 1.29 is 8.83 Å². The molecule has 6 aromatic carbocycles. The number of pyridine rings is 1. The van der Waals surface area contributed by atoms with Gasteiger partial charge in [0.1, 0.15) is 22.3 Å². The molecule has 0 saturated carbocycles. The van der Waals surface area contributed by atoms with E-state index in [2.05, 4.69) is 96.0 Å². The third-order valence-corrected chi connectivity index (χ3v) is 9.40. The summed E-state index contributed by atoms with van der Waals surface area (Å²) in [7, 11) is 0. The summed E-state index contributed by atoms with van der Waals surface area (Å²) in [5.41, 5.74) is 12.0. The van der Waals surface area contributed by atoms with E-state index in [1.54, 1.807) is 6.20 Å². The lowest BCUT2D eigenvalue weighted by molar-refractivity contribution is 0.668. The summed E-state index contributed by atoms with van der Waals surface area (Å²) in [4.78, 5) is 14.7. The summed E-state index contributed by atoms with van der Waals surface area (Å²) >= 11 is 0. The van der Waals surface area contributed by atoms with Gasteiger partial charge in [0.2, 0.25) is 0 Å². The number of para-hydroxylation sites is 2. The average molecular weight is 642 g/mol. The lowest BCUT2D eigenvalue weighted by Gasteiger charge is -2.12. The normalized spacial score (nSPS) is 11.6. The SMILES string of the molecule is c1ccc(-c2cc(-c3ccc(-c4ccc5c(c4)oc4ccccc45)c4oc5ccccc5c34)nc(-c3cccc(-c4cccnc4)c3)n2)cc1. The van der Waals surface area contributed by atoms with Gasteiger partial charge in [-0.3, -0.25) is 4.98 Å². The minimum absolute atomic E-state index is 0.646. The van der Waals surface area contributed by atoms with Gasteiger partial charge in [-0.25, -0.2) is 9.97 Å². The van der Waals surface area contributed by atoms with Crippen LogP contribution in [0.1, 0.15) is 0 Å². The maximum Gasteiger partial charge on any atom is 0.160 e. The van der Waals surface area contributed by atoms with E-state index >= 15 is 0 Å². The minimum atomic E-state index is 0.646. The molecule has 0 aliphatic rings. The molecule has 0 radical (unpaired) electrons. The van der Waals surface area contributed by atoms with E-state index in [1.165, 1.54) is 0 Å². The molecular formula is C45H27N3O2. The third-order valence-electron chi connectivity index (χ3n) is 9.40. The molecule has 5 nitrogen and oxygen atoms in total. The molecule has 234 valence electrons. The summed E-state index contributed by atoms with van der Waals surface area (Å²) < 4.78 is 13.0. The minimum Gasteiger partial charge on any atom is -0.456 e. The van der Waals surface area contributed by atoms with E-state index in [4.69, 9.17) is 18.8 Å². The topological polar surface area (TPSA) is 65.0 Å². The molecule has 0 saturated heterocycles. The number of furan rings is 2. The molecule has 0 fully saturated rings. The monoisotopic (exact) mass is 641 g/mol. The zero-order valence-corrected chi connectivity index (χ0v) is 26.7. The number of benzene rings is 6. The van der Waals surface area contributed by atoms with Crippen molar-refractivity contribution in [3.05, 3.63) is 164 Å². The van der Waals surface area contributed by atoms with Crippen molar-refractivity contribution >= 4 is 43.9 Å². The molecule has 10 aromatic rings. The Labute approximate surface area is 287 Å². The number of rotatable bonds is 5. The van der Waals surface area contributed by atoms with Gasteiger partial charge >= 0.3 is 0 Å². The average Bonchev–Trinajstić information content (AvgIpc) is 3.77. The number of hydrogen-bond donors (Lipinski definition) is 0. The van der Waals surface area contributed by atoms with E-state index in [1.807, 2.05) is 66.9 Å². The van der Waals surface area contributed by atoms with E-state index in [0.29, 0.717) is 5.82 Å². The predicted molar refractivity (Wildman–Crippen MR) is 202 cm³/mol. The van der Waals surface area contributed by atoms with E-state index in [9.17, 15) is 0 Å². The fraction of sp³-hybridized carbons (Fsp3) is 0. The molecule has 0 N–H and O–H groups in total. The van der Waals surface area contributed by atoms with Gasteiger partial charge in [0, 0.05) is 61.8 Å². The number of fused-ring (bicyclic) bond motifs is 6. The van der Waals surface area contributed by atoms with E-state index < -0.39 is 0 Å². The van der Waals surface area contributed by atoms with Gasteiger partial charge in [0.15, 0.2) is 5.82 Å². The summed E-state index contributed by atoms with van der Waals surface area (Å²) in [5.74, 6) is 0.646. The molecule has 5 heteroatoms. The molecule has 50 heavy (non-hydrogen) atoms. The molecule has 0 spiro atoms. The third kappa shape index (κ3) is 4.67. The lowest BCUT2D eigenvalue weighted by Crippen LogP contribution is -1.97. The van der Waals surface area contributed by atoms with Crippen LogP contribution in [0.3, 0.4) is 0 Å². The fourth-order valence-corrected chi connectivity index (χ4v) is 7.00. The largest absolute Gasteiger partial charge is 0.456 e. The Morgan fingerprint density at radius 1 is 0.400 bits per heavy atom. The quantitative estimate of drug-likeness (QED) is 0.187. The maximum absolute atomic E-state index is 6.69. The first-order valence-electron chi connectivity index (χ1n) is 16.6. The standard InChI is InChI=1S/C45H27N3O2/c1-2-10-28(11-3-1)38-26-39(48-45(47-38)31-13-8-12-29(24-31)32-14-9-23-46-27-32)36-22-21-33(44-43(36)37-16-5-7-18-41(37)50-44)30-19-20-35-34-15-4-6-17-40(34)49-42(35)25-30/h1-27H. The van der Waals surface area contributed by atoms with Crippen molar-refractivity contribution in [3.8, 4) is 56.2 Å². The molecule has 4 heterocycles. The van der Waals surface area contributed by atoms with Crippen LogP contribution in [-0.2, 0) is 0 Å². The highest BCUT2D eigenvalue weighted by atomic mass is 16.3. The maximum atomic E-state index is 6.69. The Kier molecular flexibility index (Phi) is 6.42. The molecule has 10 rings (SSSR count). The van der Waals surface area contributed by atoms with Crippen molar-refractivity contribution in [2.24, 2.45) is 0 Å². The molecule has 0 aliphatic carbocycles. The van der Waals surface area contributed by atoms with Crippen LogP contribution in [0.4, 0.5) is 0 Å². The van der Waals surface area contributed by atoms with Gasteiger partial charge in [0.05, 0.1) is 11.4 Å². The summed E-state index contributed by atoms with van der Waals surface area (Å²) in [5, 5.41) is 4.24. The van der Waals surface area contributed by atoms with Gasteiger partial charge in [0.25, 0.3) is 0 Å².